The number of hydrogen-bond acceptors (Lipinski definition) is 1. The molecule has 0 unspecified atom stereocenters. The monoisotopic (exact) mass is 374 g/mol. The predicted molar refractivity (Wildman–Crippen MR) is 46.5 cm³/mol. The summed E-state index contributed by atoms with van der Waals surface area (Å²) >= 11 is 0. The Morgan fingerprint density at radius 2 is 2.09 bits per heavy atom. The van der Waals surface area contributed by atoms with E-state index >= 15 is 0 Å². The van der Waals surface area contributed by atoms with Crippen molar-refractivity contribution in [3.8, 4) is 0 Å². The van der Waals surface area contributed by atoms with Gasteiger partial charge in [0.15, 0.2) is 0 Å². The van der Waals surface area contributed by atoms with Gasteiger partial charge in [0.1, 0.15) is 0 Å². The smallest absolute Gasteiger partial charge is 0 e. The second-order valence-electron chi connectivity index (χ2n) is 1.89. The fourth-order valence-corrected chi connectivity index (χ4v) is 0.628. The van der Waals surface area contributed by atoms with Gasteiger partial charge in [-0.2, -0.15) is 25.2 Å². The second-order valence-corrected chi connectivity index (χ2v) is 1.89. The maximum absolute atomic E-state index is 3.79. The van der Waals surface area contributed by atoms with Gasteiger partial charge in [0.25, 0.3) is 0 Å². The maximum Gasteiger partial charge on any atom is 0 e. The molecule has 0 rings (SSSR count). The van der Waals surface area contributed by atoms with Gasteiger partial charge in [0.05, 0.1) is 0 Å². The fraction of sp³-hybridized carbons (Fsp3) is 0.222. The van der Waals surface area contributed by atoms with Gasteiger partial charge in [0.2, 0.25) is 0 Å². The van der Waals surface area contributed by atoms with Crippen LogP contribution in [-0.4, -0.2) is 7.05 Å². The van der Waals surface area contributed by atoms with E-state index < -0.39 is 0 Å². The summed E-state index contributed by atoms with van der Waals surface area (Å²) in [4.78, 5) is 0. The number of nitrogens with one attached hydrogen (secondary N) is 1. The first-order valence-corrected chi connectivity index (χ1v) is 3.25. The van der Waals surface area contributed by atoms with Crippen LogP contribution in [0.5, 0.6) is 0 Å². The van der Waals surface area contributed by atoms with Crippen molar-refractivity contribution < 1.29 is 31.1 Å². The number of hydrogen-bond donors (Lipinski definition) is 1. The third-order valence-corrected chi connectivity index (χ3v) is 1.20. The molecule has 0 saturated carbocycles. The summed E-state index contributed by atoms with van der Waals surface area (Å²) in [6.45, 7) is 9.38. The Hall–Kier alpha value is -0.0581. The zero-order chi connectivity index (χ0) is 7.98. The van der Waals surface area contributed by atoms with Crippen molar-refractivity contribution >= 4 is 0 Å². The normalized spacial score (nSPS) is 11.8. The van der Waals surface area contributed by atoms with Gasteiger partial charge in [-0.05, 0) is 14.0 Å². The summed E-state index contributed by atoms with van der Waals surface area (Å²) < 4.78 is 0. The van der Waals surface area contributed by atoms with E-state index in [-0.39, 0.29) is 31.1 Å². The molecule has 0 radical (unpaired) electrons. The van der Waals surface area contributed by atoms with Gasteiger partial charge in [-0.1, -0.05) is 17.8 Å². The van der Waals surface area contributed by atoms with E-state index in [9.17, 15) is 0 Å². The predicted octanol–water partition coefficient (Wildman–Crippen LogP) is 2.06. The quantitative estimate of drug-likeness (QED) is 0.589. The van der Waals surface area contributed by atoms with E-state index in [1.165, 1.54) is 0 Å². The summed E-state index contributed by atoms with van der Waals surface area (Å²) in [5, 5.41) is 3.01. The summed E-state index contributed by atoms with van der Waals surface area (Å²) in [6, 6.07) is 0. The van der Waals surface area contributed by atoms with Crippen LogP contribution in [0.25, 0.3) is 0 Å². The van der Waals surface area contributed by atoms with Gasteiger partial charge < -0.3 is 5.32 Å². The Morgan fingerprint density at radius 1 is 1.55 bits per heavy atom. The molecule has 0 aromatic rings. The Morgan fingerprint density at radius 3 is 2.36 bits per heavy atom. The van der Waals surface area contributed by atoms with Crippen LogP contribution >= 0.6 is 0 Å². The molecule has 0 aliphatic carbocycles. The van der Waals surface area contributed by atoms with Crippen LogP contribution in [0.2, 0.25) is 0 Å². The maximum atomic E-state index is 3.79. The molecule has 11 heavy (non-hydrogen) atoms. The molecule has 0 bridgehead atoms. The zero-order valence-electron chi connectivity index (χ0n) is 7.15. The first-order valence-electron chi connectivity index (χ1n) is 3.25. The SMILES string of the molecule is C=C/C([CH2-])=C(\C=C/C)NC.[U]. The molecular formula is C9H14NU-. The van der Waals surface area contributed by atoms with E-state index in [4.69, 9.17) is 0 Å². The molecule has 1 nitrogen and oxygen atoms in total. The van der Waals surface area contributed by atoms with Crippen LogP contribution in [0, 0.1) is 38.0 Å². The second kappa shape index (κ2) is 8.04. The van der Waals surface area contributed by atoms with Crippen LogP contribution in [0.4, 0.5) is 0 Å². The Kier molecular flexibility index (Phi) is 9.89. The molecule has 0 aliphatic heterocycles. The average molecular weight is 374 g/mol. The van der Waals surface area contributed by atoms with Crippen molar-refractivity contribution in [1.29, 1.82) is 0 Å². The molecule has 0 saturated heterocycles. The third-order valence-electron chi connectivity index (χ3n) is 1.20. The molecule has 0 heterocycles. The zero-order valence-corrected chi connectivity index (χ0v) is 11.3. The van der Waals surface area contributed by atoms with E-state index in [0.29, 0.717) is 0 Å². The molecule has 0 aromatic heterocycles. The molecule has 2 heteroatoms. The number of rotatable bonds is 3. The fourth-order valence-electron chi connectivity index (χ4n) is 0.628. The minimum atomic E-state index is 0. The first kappa shape index (κ1) is 13.5. The summed E-state index contributed by atoms with van der Waals surface area (Å²) in [7, 11) is 1.87. The molecule has 1 N–H and O–H groups in total. The molecule has 0 aromatic carbocycles. The van der Waals surface area contributed by atoms with Crippen molar-refractivity contribution in [3.63, 3.8) is 0 Å². The van der Waals surface area contributed by atoms with Crippen molar-refractivity contribution in [2.75, 3.05) is 7.05 Å². The van der Waals surface area contributed by atoms with Crippen LogP contribution in [0.3, 0.4) is 0 Å². The van der Waals surface area contributed by atoms with E-state index in [1.54, 1.807) is 6.08 Å². The Bertz CT molecular complexity index is 168. The minimum absolute atomic E-state index is 0. The van der Waals surface area contributed by atoms with Crippen molar-refractivity contribution in [2.45, 2.75) is 6.92 Å². The molecule has 0 spiro atoms. The largest absolute Gasteiger partial charge is 0.439 e. The Labute approximate surface area is 93.0 Å². The van der Waals surface area contributed by atoms with Gasteiger partial charge in [-0.15, -0.1) is 0 Å². The third kappa shape index (κ3) is 5.24. The molecule has 0 atom stereocenters. The minimum Gasteiger partial charge on any atom is -0.439 e. The van der Waals surface area contributed by atoms with Gasteiger partial charge in [0, 0.05) is 31.1 Å². The molecule has 0 aliphatic rings. The summed E-state index contributed by atoms with van der Waals surface area (Å²) in [5.41, 5.74) is 1.93. The molecule has 0 fully saturated rings. The van der Waals surface area contributed by atoms with Crippen LogP contribution in [-0.2, 0) is 0 Å². The topological polar surface area (TPSA) is 12.0 Å². The van der Waals surface area contributed by atoms with E-state index in [0.717, 1.165) is 11.3 Å². The van der Waals surface area contributed by atoms with Crippen molar-refractivity contribution in [3.05, 3.63) is 43.0 Å². The van der Waals surface area contributed by atoms with E-state index in [1.807, 2.05) is 26.1 Å². The van der Waals surface area contributed by atoms with Crippen LogP contribution in [0.15, 0.2) is 36.1 Å². The van der Waals surface area contributed by atoms with Gasteiger partial charge >= 0.3 is 0 Å². The molecular weight excluding hydrogens is 360 g/mol. The summed E-state index contributed by atoms with van der Waals surface area (Å²) in [6.07, 6.45) is 5.65. The molecule has 0 amide bonds. The average Bonchev–Trinajstić information content (AvgIpc) is 1.99. The standard InChI is InChI=1S/C9H14N.U/c1-5-7-9(10-4)8(3)6-2;/h5-7,10H,2-3H2,1,4H3;/q-1;/b7-5-,9-8+;. The summed E-state index contributed by atoms with van der Waals surface area (Å²) in [5.74, 6) is 0. The van der Waals surface area contributed by atoms with E-state index in [2.05, 4.69) is 18.8 Å². The van der Waals surface area contributed by atoms with Gasteiger partial charge in [-0.3, -0.25) is 0 Å². The van der Waals surface area contributed by atoms with Gasteiger partial charge in [-0.25, -0.2) is 0 Å². The Balaban J connectivity index is 0. The number of likely N-dealkylation sites (N-methyl/N-ethyl adjacent to an activating group) is 1. The molecule has 60 valence electrons. The van der Waals surface area contributed by atoms with Crippen molar-refractivity contribution in [2.24, 2.45) is 0 Å². The number of allylic oxidation sites excluding steroid dienone is 4. The van der Waals surface area contributed by atoms with Crippen LogP contribution < -0.4 is 5.32 Å². The first-order chi connectivity index (χ1) is 4.76. The van der Waals surface area contributed by atoms with Crippen molar-refractivity contribution in [1.82, 2.24) is 5.32 Å². The van der Waals surface area contributed by atoms with Crippen LogP contribution in [0.1, 0.15) is 6.92 Å².